The van der Waals surface area contributed by atoms with Gasteiger partial charge in [0.15, 0.2) is 0 Å². The smallest absolute Gasteiger partial charge is 0.0723 e. The van der Waals surface area contributed by atoms with Gasteiger partial charge in [-0.2, -0.15) is 11.8 Å². The van der Waals surface area contributed by atoms with E-state index in [4.69, 9.17) is 4.74 Å². The Morgan fingerprint density at radius 2 is 2.10 bits per heavy atom. The number of ether oxygens (including phenoxy) is 1. The SMILES string of the molecule is CCCC[C@H](C)C[C@H](O)C=C[C@@H]1[C@H]2CC(CSCCCN3CCOCC3)=C[C@H]2C[C@H]1O. The summed E-state index contributed by atoms with van der Waals surface area (Å²) in [5.74, 6) is 4.17. The van der Waals surface area contributed by atoms with Crippen LogP contribution in [0.15, 0.2) is 23.8 Å². The Bertz CT molecular complexity index is 575. The molecule has 1 heterocycles. The van der Waals surface area contributed by atoms with Crippen LogP contribution in [0, 0.1) is 23.7 Å². The zero-order valence-electron chi connectivity index (χ0n) is 19.8. The second kappa shape index (κ2) is 13.4. The van der Waals surface area contributed by atoms with Crippen LogP contribution >= 0.6 is 11.8 Å². The summed E-state index contributed by atoms with van der Waals surface area (Å²) in [5, 5.41) is 21.0. The minimum absolute atomic E-state index is 0.200. The fourth-order valence-corrected chi connectivity index (χ4v) is 6.50. The number of nitrogens with zero attached hydrogens (tertiary/aromatic N) is 1. The molecule has 0 aromatic heterocycles. The molecule has 0 unspecified atom stereocenters. The molecule has 0 bridgehead atoms. The lowest BCUT2D eigenvalue weighted by atomic mass is 9.88. The molecule has 4 nitrogen and oxygen atoms in total. The van der Waals surface area contributed by atoms with Crippen LogP contribution in [-0.4, -0.2) is 71.7 Å². The first-order chi connectivity index (χ1) is 15.1. The molecule has 1 saturated carbocycles. The summed E-state index contributed by atoms with van der Waals surface area (Å²) in [6, 6.07) is 0. The second-order valence-corrected chi connectivity index (χ2v) is 11.1. The first-order valence-corrected chi connectivity index (χ1v) is 13.8. The molecule has 5 heteroatoms. The summed E-state index contributed by atoms with van der Waals surface area (Å²) >= 11 is 2.06. The second-order valence-electron chi connectivity index (χ2n) is 10.0. The van der Waals surface area contributed by atoms with Gasteiger partial charge in [-0.05, 0) is 55.7 Å². The molecule has 0 spiro atoms. The Hall–Kier alpha value is -0.330. The summed E-state index contributed by atoms with van der Waals surface area (Å²) in [6.45, 7) is 9.59. The van der Waals surface area contributed by atoms with Crippen LogP contribution in [0.1, 0.15) is 58.8 Å². The van der Waals surface area contributed by atoms with Crippen molar-refractivity contribution >= 4 is 11.8 Å². The number of unbranched alkanes of at least 4 members (excludes halogenated alkanes) is 1. The first-order valence-electron chi connectivity index (χ1n) is 12.7. The van der Waals surface area contributed by atoms with Gasteiger partial charge < -0.3 is 14.9 Å². The van der Waals surface area contributed by atoms with Gasteiger partial charge in [-0.1, -0.05) is 56.9 Å². The van der Waals surface area contributed by atoms with E-state index in [1.807, 2.05) is 6.08 Å². The third-order valence-electron chi connectivity index (χ3n) is 7.35. The number of rotatable bonds is 13. The van der Waals surface area contributed by atoms with Crippen LogP contribution in [-0.2, 0) is 4.74 Å². The number of aliphatic hydroxyl groups excluding tert-OH is 2. The Morgan fingerprint density at radius 1 is 1.29 bits per heavy atom. The topological polar surface area (TPSA) is 52.9 Å². The van der Waals surface area contributed by atoms with Gasteiger partial charge in [-0.25, -0.2) is 0 Å². The Morgan fingerprint density at radius 3 is 2.87 bits per heavy atom. The van der Waals surface area contributed by atoms with Crippen molar-refractivity contribution in [1.82, 2.24) is 4.90 Å². The minimum Gasteiger partial charge on any atom is -0.392 e. The Labute approximate surface area is 194 Å². The number of allylic oxidation sites excluding steroid dienone is 1. The zero-order valence-corrected chi connectivity index (χ0v) is 20.6. The third kappa shape index (κ3) is 8.19. The van der Waals surface area contributed by atoms with Crippen LogP contribution in [0.25, 0.3) is 0 Å². The minimum atomic E-state index is -0.381. The maximum atomic E-state index is 10.6. The molecule has 0 amide bonds. The molecule has 2 N–H and O–H groups in total. The number of hydrogen-bond donors (Lipinski definition) is 2. The molecule has 2 aliphatic carbocycles. The predicted molar refractivity (Wildman–Crippen MR) is 131 cm³/mol. The molecule has 1 saturated heterocycles. The summed E-state index contributed by atoms with van der Waals surface area (Å²) in [7, 11) is 0. The maximum absolute atomic E-state index is 10.6. The summed E-state index contributed by atoms with van der Waals surface area (Å²) < 4.78 is 5.42. The fraction of sp³-hybridized carbons (Fsp3) is 0.846. The Kier molecular flexibility index (Phi) is 10.9. The molecule has 3 aliphatic rings. The lowest BCUT2D eigenvalue weighted by Gasteiger charge is -2.26. The third-order valence-corrected chi connectivity index (χ3v) is 8.51. The highest BCUT2D eigenvalue weighted by Crippen LogP contribution is 2.47. The monoisotopic (exact) mass is 451 g/mol. The van der Waals surface area contributed by atoms with Gasteiger partial charge in [0.1, 0.15) is 0 Å². The highest BCUT2D eigenvalue weighted by Gasteiger charge is 2.43. The highest BCUT2D eigenvalue weighted by atomic mass is 32.2. The van der Waals surface area contributed by atoms with E-state index in [-0.39, 0.29) is 18.1 Å². The molecule has 0 aromatic rings. The number of thioether (sulfide) groups is 1. The molecule has 2 fully saturated rings. The molecular formula is C26H45NO3S. The molecule has 0 aromatic carbocycles. The summed E-state index contributed by atoms with van der Waals surface area (Å²) in [4.78, 5) is 2.51. The van der Waals surface area contributed by atoms with Gasteiger partial charge in [-0.3, -0.25) is 4.90 Å². The largest absolute Gasteiger partial charge is 0.392 e. The first kappa shape index (κ1) is 25.3. The van der Waals surface area contributed by atoms with Crippen molar-refractivity contribution < 1.29 is 14.9 Å². The van der Waals surface area contributed by atoms with Crippen LogP contribution < -0.4 is 0 Å². The summed E-state index contributed by atoms with van der Waals surface area (Å²) in [6.07, 6.45) is 13.7. The molecule has 1 aliphatic heterocycles. The van der Waals surface area contributed by atoms with Gasteiger partial charge in [0.05, 0.1) is 25.4 Å². The Balaban J connectivity index is 1.35. The van der Waals surface area contributed by atoms with Crippen molar-refractivity contribution in [3.63, 3.8) is 0 Å². The van der Waals surface area contributed by atoms with E-state index in [2.05, 4.69) is 42.7 Å². The zero-order chi connectivity index (χ0) is 22.1. The number of aliphatic hydroxyl groups is 2. The standard InChI is InChI=1S/C26H45NO3S/c1-3-4-6-20(2)15-23(28)7-8-24-25-17-21(16-22(25)18-26(24)29)19-31-14-5-9-27-10-12-30-13-11-27/h7-8,16,20,22-26,28-29H,3-6,9-15,17-19H2,1-2H3/t20-,22-,23+,24+,25-,26+/m0/s1. The van der Waals surface area contributed by atoms with E-state index in [0.29, 0.717) is 17.8 Å². The molecule has 178 valence electrons. The van der Waals surface area contributed by atoms with Crippen molar-refractivity contribution in [1.29, 1.82) is 0 Å². The van der Waals surface area contributed by atoms with Crippen LogP contribution in [0.3, 0.4) is 0 Å². The average Bonchev–Trinajstić information content (AvgIpc) is 3.27. The van der Waals surface area contributed by atoms with Crippen LogP contribution in [0.5, 0.6) is 0 Å². The van der Waals surface area contributed by atoms with Gasteiger partial charge >= 0.3 is 0 Å². The van der Waals surface area contributed by atoms with Crippen LogP contribution in [0.2, 0.25) is 0 Å². The summed E-state index contributed by atoms with van der Waals surface area (Å²) in [5.41, 5.74) is 1.57. The van der Waals surface area contributed by atoms with Crippen molar-refractivity contribution in [2.75, 3.05) is 44.4 Å². The lowest BCUT2D eigenvalue weighted by Crippen LogP contribution is -2.36. The van der Waals surface area contributed by atoms with Crippen LogP contribution in [0.4, 0.5) is 0 Å². The fourth-order valence-electron chi connectivity index (χ4n) is 5.55. The van der Waals surface area contributed by atoms with Crippen molar-refractivity contribution in [3.05, 3.63) is 23.8 Å². The van der Waals surface area contributed by atoms with Crippen molar-refractivity contribution in [2.24, 2.45) is 23.7 Å². The maximum Gasteiger partial charge on any atom is 0.0723 e. The molecule has 31 heavy (non-hydrogen) atoms. The molecule has 0 radical (unpaired) electrons. The average molecular weight is 452 g/mol. The van der Waals surface area contributed by atoms with E-state index in [9.17, 15) is 10.2 Å². The number of fused-ring (bicyclic) bond motifs is 1. The van der Waals surface area contributed by atoms with Gasteiger partial charge in [0.2, 0.25) is 0 Å². The highest BCUT2D eigenvalue weighted by molar-refractivity contribution is 7.99. The number of morpholine rings is 1. The van der Waals surface area contributed by atoms with Gasteiger partial charge in [0.25, 0.3) is 0 Å². The molecular weight excluding hydrogens is 406 g/mol. The quantitative estimate of drug-likeness (QED) is 0.319. The lowest BCUT2D eigenvalue weighted by molar-refractivity contribution is 0.0381. The normalized spacial score (nSPS) is 31.2. The van der Waals surface area contributed by atoms with Crippen molar-refractivity contribution in [3.8, 4) is 0 Å². The van der Waals surface area contributed by atoms with Crippen molar-refractivity contribution in [2.45, 2.75) is 71.0 Å². The van der Waals surface area contributed by atoms with Gasteiger partial charge in [0, 0.05) is 24.8 Å². The van der Waals surface area contributed by atoms with E-state index < -0.39 is 0 Å². The predicted octanol–water partition coefficient (Wildman–Crippen LogP) is 4.52. The van der Waals surface area contributed by atoms with Gasteiger partial charge in [-0.15, -0.1) is 0 Å². The molecule has 6 atom stereocenters. The van der Waals surface area contributed by atoms with E-state index in [1.54, 1.807) is 5.57 Å². The number of hydrogen-bond acceptors (Lipinski definition) is 5. The van der Waals surface area contributed by atoms with E-state index in [1.165, 1.54) is 38.0 Å². The van der Waals surface area contributed by atoms with E-state index >= 15 is 0 Å². The molecule has 3 rings (SSSR count). The van der Waals surface area contributed by atoms with E-state index in [0.717, 1.165) is 51.3 Å².